The van der Waals surface area contributed by atoms with Gasteiger partial charge in [0, 0.05) is 11.6 Å². The Morgan fingerprint density at radius 2 is 2.00 bits per heavy atom. The Balaban J connectivity index is 1.86. The number of aromatic amines is 1. The van der Waals surface area contributed by atoms with Gasteiger partial charge in [0.1, 0.15) is 0 Å². The Labute approximate surface area is 106 Å². The highest BCUT2D eigenvalue weighted by Crippen LogP contribution is 2.29. The number of benzene rings is 1. The molecular formula is C14H17ClN2. The van der Waals surface area contributed by atoms with Crippen molar-refractivity contribution in [2.75, 3.05) is 13.1 Å². The van der Waals surface area contributed by atoms with Crippen LogP contribution in [0.25, 0.3) is 10.9 Å². The zero-order valence-electron chi connectivity index (χ0n) is 9.80. The lowest BCUT2D eigenvalue weighted by Crippen LogP contribution is -2.28. The largest absolute Gasteiger partial charge is 0.360 e. The van der Waals surface area contributed by atoms with Gasteiger partial charge < -0.3 is 10.3 Å². The lowest BCUT2D eigenvalue weighted by molar-refractivity contribution is 0.373. The Kier molecular flexibility index (Phi) is 3.08. The van der Waals surface area contributed by atoms with Gasteiger partial charge in [0.2, 0.25) is 0 Å². The molecule has 1 saturated heterocycles. The second-order valence-electron chi connectivity index (χ2n) is 4.88. The molecule has 0 bridgehead atoms. The molecule has 2 aromatic rings. The van der Waals surface area contributed by atoms with Gasteiger partial charge in [0.05, 0.1) is 10.5 Å². The van der Waals surface area contributed by atoms with Crippen LogP contribution >= 0.6 is 11.6 Å². The van der Waals surface area contributed by atoms with E-state index < -0.39 is 0 Å². The zero-order valence-corrected chi connectivity index (χ0v) is 10.6. The van der Waals surface area contributed by atoms with Gasteiger partial charge in [0.15, 0.2) is 0 Å². The first kappa shape index (κ1) is 11.1. The molecule has 1 aliphatic heterocycles. The summed E-state index contributed by atoms with van der Waals surface area (Å²) in [6, 6.07) is 6.41. The molecule has 90 valence electrons. The van der Waals surface area contributed by atoms with E-state index in [0.29, 0.717) is 0 Å². The normalized spacial score (nSPS) is 17.7. The molecule has 2 nitrogen and oxygen atoms in total. The van der Waals surface area contributed by atoms with Crippen LogP contribution in [0.3, 0.4) is 0 Å². The lowest BCUT2D eigenvalue weighted by atomic mass is 9.91. The minimum atomic E-state index is 0.779. The van der Waals surface area contributed by atoms with Crippen LogP contribution in [0.4, 0.5) is 0 Å². The molecule has 0 aliphatic carbocycles. The highest BCUT2D eigenvalue weighted by atomic mass is 35.5. The van der Waals surface area contributed by atoms with E-state index in [0.717, 1.165) is 36.0 Å². The molecule has 0 atom stereocenters. The molecule has 0 unspecified atom stereocenters. The number of hydrogen-bond donors (Lipinski definition) is 2. The van der Waals surface area contributed by atoms with Crippen molar-refractivity contribution < 1.29 is 0 Å². The van der Waals surface area contributed by atoms with Gasteiger partial charge in [-0.3, -0.25) is 0 Å². The first-order chi connectivity index (χ1) is 8.34. The Bertz CT molecular complexity index is 512. The van der Waals surface area contributed by atoms with Crippen LogP contribution in [0.5, 0.6) is 0 Å². The molecule has 1 aliphatic rings. The Morgan fingerprint density at radius 3 is 2.82 bits per heavy atom. The number of fused-ring (bicyclic) bond motifs is 1. The van der Waals surface area contributed by atoms with E-state index >= 15 is 0 Å². The fourth-order valence-corrected chi connectivity index (χ4v) is 2.99. The van der Waals surface area contributed by atoms with E-state index in [4.69, 9.17) is 11.6 Å². The molecule has 0 saturated carbocycles. The quantitative estimate of drug-likeness (QED) is 0.838. The molecule has 3 heteroatoms. The maximum absolute atomic E-state index is 6.46. The molecule has 3 rings (SSSR count). The standard InChI is InChI=1S/C14H17ClN2/c15-13-12(9-10-3-6-16-7-4-10)2-1-11-5-8-17-14(11)13/h1-2,5,8,10,16-17H,3-4,6-7,9H2. The summed E-state index contributed by atoms with van der Waals surface area (Å²) < 4.78 is 0. The average Bonchev–Trinajstić information content (AvgIpc) is 2.83. The molecule has 17 heavy (non-hydrogen) atoms. The predicted octanol–water partition coefficient (Wildman–Crippen LogP) is 3.36. The minimum Gasteiger partial charge on any atom is -0.360 e. The summed E-state index contributed by atoms with van der Waals surface area (Å²) in [5, 5.41) is 5.51. The maximum Gasteiger partial charge on any atom is 0.0679 e. The van der Waals surface area contributed by atoms with Crippen molar-refractivity contribution in [1.29, 1.82) is 0 Å². The Hall–Kier alpha value is -0.990. The molecule has 0 radical (unpaired) electrons. The predicted molar refractivity (Wildman–Crippen MR) is 72.6 cm³/mol. The number of nitrogens with one attached hydrogen (secondary N) is 2. The number of halogens is 1. The number of piperidine rings is 1. The van der Waals surface area contributed by atoms with Crippen molar-refractivity contribution in [1.82, 2.24) is 10.3 Å². The molecule has 1 fully saturated rings. The molecule has 2 heterocycles. The van der Waals surface area contributed by atoms with Crippen LogP contribution in [0.2, 0.25) is 5.02 Å². The van der Waals surface area contributed by atoms with Gasteiger partial charge in [-0.25, -0.2) is 0 Å². The average molecular weight is 249 g/mol. The first-order valence-electron chi connectivity index (χ1n) is 6.30. The molecule has 0 spiro atoms. The molecule has 1 aromatic heterocycles. The van der Waals surface area contributed by atoms with Crippen molar-refractivity contribution in [3.8, 4) is 0 Å². The van der Waals surface area contributed by atoms with E-state index in [-0.39, 0.29) is 0 Å². The second kappa shape index (κ2) is 4.71. The molecule has 2 N–H and O–H groups in total. The van der Waals surface area contributed by atoms with Crippen molar-refractivity contribution in [2.24, 2.45) is 5.92 Å². The lowest BCUT2D eigenvalue weighted by Gasteiger charge is -2.23. The highest BCUT2D eigenvalue weighted by molar-refractivity contribution is 6.35. The molecule has 0 amide bonds. The summed E-state index contributed by atoms with van der Waals surface area (Å²) >= 11 is 6.46. The number of rotatable bonds is 2. The van der Waals surface area contributed by atoms with E-state index in [1.807, 2.05) is 6.20 Å². The van der Waals surface area contributed by atoms with Crippen molar-refractivity contribution in [3.63, 3.8) is 0 Å². The van der Waals surface area contributed by atoms with Gasteiger partial charge in [0.25, 0.3) is 0 Å². The van der Waals surface area contributed by atoms with Gasteiger partial charge in [-0.05, 0) is 49.9 Å². The smallest absolute Gasteiger partial charge is 0.0679 e. The van der Waals surface area contributed by atoms with E-state index in [9.17, 15) is 0 Å². The number of hydrogen-bond acceptors (Lipinski definition) is 1. The summed E-state index contributed by atoms with van der Waals surface area (Å²) in [7, 11) is 0. The van der Waals surface area contributed by atoms with E-state index in [1.54, 1.807) is 0 Å². The maximum atomic E-state index is 6.46. The summed E-state index contributed by atoms with van der Waals surface area (Å²) in [6.45, 7) is 2.29. The van der Waals surface area contributed by atoms with Gasteiger partial charge in [-0.1, -0.05) is 23.7 Å². The fourth-order valence-electron chi connectivity index (χ4n) is 2.69. The monoisotopic (exact) mass is 248 g/mol. The molecule has 1 aromatic carbocycles. The summed E-state index contributed by atoms with van der Waals surface area (Å²) in [5.41, 5.74) is 2.37. The van der Waals surface area contributed by atoms with Crippen LogP contribution < -0.4 is 5.32 Å². The van der Waals surface area contributed by atoms with Crippen LogP contribution in [-0.2, 0) is 6.42 Å². The minimum absolute atomic E-state index is 0.779. The van der Waals surface area contributed by atoms with Crippen LogP contribution in [0, 0.1) is 5.92 Å². The number of aromatic nitrogens is 1. The third kappa shape index (κ3) is 2.20. The van der Waals surface area contributed by atoms with Crippen molar-refractivity contribution >= 4 is 22.5 Å². The zero-order chi connectivity index (χ0) is 11.7. The SMILES string of the molecule is Clc1c(CC2CCNCC2)ccc2cc[nH]c12. The highest BCUT2D eigenvalue weighted by Gasteiger charge is 2.16. The van der Waals surface area contributed by atoms with E-state index in [1.165, 1.54) is 23.8 Å². The summed E-state index contributed by atoms with van der Waals surface area (Å²) in [4.78, 5) is 3.22. The topological polar surface area (TPSA) is 27.8 Å². The third-order valence-electron chi connectivity index (χ3n) is 3.71. The second-order valence-corrected chi connectivity index (χ2v) is 5.26. The van der Waals surface area contributed by atoms with E-state index in [2.05, 4.69) is 28.5 Å². The van der Waals surface area contributed by atoms with Crippen LogP contribution in [0.15, 0.2) is 24.4 Å². The number of H-pyrrole nitrogens is 1. The van der Waals surface area contributed by atoms with Gasteiger partial charge >= 0.3 is 0 Å². The van der Waals surface area contributed by atoms with Gasteiger partial charge in [-0.2, -0.15) is 0 Å². The Morgan fingerprint density at radius 1 is 1.18 bits per heavy atom. The third-order valence-corrected chi connectivity index (χ3v) is 4.14. The van der Waals surface area contributed by atoms with Gasteiger partial charge in [-0.15, -0.1) is 0 Å². The summed E-state index contributed by atoms with van der Waals surface area (Å²) in [6.07, 6.45) is 5.58. The molecular weight excluding hydrogens is 232 g/mol. The van der Waals surface area contributed by atoms with Crippen molar-refractivity contribution in [2.45, 2.75) is 19.3 Å². The van der Waals surface area contributed by atoms with Crippen molar-refractivity contribution in [3.05, 3.63) is 35.0 Å². The first-order valence-corrected chi connectivity index (χ1v) is 6.67. The van der Waals surface area contributed by atoms with Crippen LogP contribution in [0.1, 0.15) is 18.4 Å². The summed E-state index contributed by atoms with van der Waals surface area (Å²) in [5.74, 6) is 0.779. The van der Waals surface area contributed by atoms with Crippen LogP contribution in [-0.4, -0.2) is 18.1 Å². The fraction of sp³-hybridized carbons (Fsp3) is 0.429.